The first-order valence-electron chi connectivity index (χ1n) is 7.31. The van der Waals surface area contributed by atoms with Gasteiger partial charge in [-0.1, -0.05) is 42.3 Å². The fourth-order valence-corrected chi connectivity index (χ4v) is 2.79. The number of benzene rings is 1. The van der Waals surface area contributed by atoms with Gasteiger partial charge in [-0.3, -0.25) is 9.59 Å². The number of nitrogens with one attached hydrogen (secondary N) is 1. The van der Waals surface area contributed by atoms with Crippen LogP contribution in [0.25, 0.3) is 0 Å². The van der Waals surface area contributed by atoms with Gasteiger partial charge in [-0.15, -0.1) is 0 Å². The maximum Gasteiger partial charge on any atom is 0.249 e. The van der Waals surface area contributed by atoms with Crippen LogP contribution in [0.4, 0.5) is 5.69 Å². The Bertz CT molecular complexity index is 559. The predicted octanol–water partition coefficient (Wildman–Crippen LogP) is 3.03. The van der Waals surface area contributed by atoms with Crippen molar-refractivity contribution in [1.82, 2.24) is 5.32 Å². The molecule has 2 amide bonds. The van der Waals surface area contributed by atoms with Crippen LogP contribution >= 0.6 is 15.9 Å². The van der Waals surface area contributed by atoms with E-state index in [1.807, 2.05) is 39.0 Å². The number of nitrogens with zero attached hydrogens (tertiary/aromatic N) is 1. The van der Waals surface area contributed by atoms with Gasteiger partial charge in [-0.25, -0.2) is 0 Å². The van der Waals surface area contributed by atoms with Gasteiger partial charge < -0.3 is 10.2 Å². The Hall–Kier alpha value is -1.36. The van der Waals surface area contributed by atoms with Gasteiger partial charge >= 0.3 is 0 Å². The Morgan fingerprint density at radius 1 is 1.43 bits per heavy atom. The quantitative estimate of drug-likeness (QED) is 0.908. The van der Waals surface area contributed by atoms with E-state index < -0.39 is 6.04 Å². The Kier molecular flexibility index (Phi) is 5.04. The third kappa shape index (κ3) is 3.46. The number of carbonyl (C=O) groups excluding carboxylic acids is 2. The number of hydrogen-bond acceptors (Lipinski definition) is 2. The highest BCUT2D eigenvalue weighted by atomic mass is 79.9. The standard InChI is InChI=1S/C16H21BrN2O2/c1-4-10(2)15-16(21)19(8-7-14(20)18-15)12-6-5-11(3)13(17)9-12/h5-6,9-10,15H,4,7-8H2,1-3H3,(H,18,20). The smallest absolute Gasteiger partial charge is 0.249 e. The van der Waals surface area contributed by atoms with Crippen molar-refractivity contribution < 1.29 is 9.59 Å². The topological polar surface area (TPSA) is 49.4 Å². The first-order chi connectivity index (χ1) is 9.93. The molecule has 0 aliphatic carbocycles. The lowest BCUT2D eigenvalue weighted by atomic mass is 9.98. The van der Waals surface area contributed by atoms with E-state index >= 15 is 0 Å². The van der Waals surface area contributed by atoms with Gasteiger partial charge in [0.1, 0.15) is 6.04 Å². The minimum atomic E-state index is -0.440. The summed E-state index contributed by atoms with van der Waals surface area (Å²) in [6.45, 7) is 6.46. The normalized spacial score (nSPS) is 21.0. The van der Waals surface area contributed by atoms with Gasteiger partial charge in [0.2, 0.25) is 11.8 Å². The van der Waals surface area contributed by atoms with Gasteiger partial charge in [0.05, 0.1) is 0 Å². The van der Waals surface area contributed by atoms with E-state index in [2.05, 4.69) is 21.2 Å². The van der Waals surface area contributed by atoms with E-state index in [0.717, 1.165) is 22.1 Å². The molecule has 0 saturated carbocycles. The second kappa shape index (κ2) is 6.60. The average molecular weight is 353 g/mol. The molecule has 1 aliphatic heterocycles. The SMILES string of the molecule is CCC(C)C1NC(=O)CCN(c2ccc(C)c(Br)c2)C1=O. The molecule has 2 atom stereocenters. The molecule has 1 aromatic carbocycles. The van der Waals surface area contributed by atoms with Crippen LogP contribution in [0, 0.1) is 12.8 Å². The largest absolute Gasteiger partial charge is 0.344 e. The number of amides is 2. The lowest BCUT2D eigenvalue weighted by Gasteiger charge is -2.27. The molecule has 1 aromatic rings. The lowest BCUT2D eigenvalue weighted by molar-refractivity contribution is -0.126. The van der Waals surface area contributed by atoms with Crippen LogP contribution in [0.15, 0.2) is 22.7 Å². The molecule has 5 heteroatoms. The second-order valence-electron chi connectivity index (χ2n) is 5.60. The molecule has 4 nitrogen and oxygen atoms in total. The van der Waals surface area contributed by atoms with Crippen LogP contribution in [0.2, 0.25) is 0 Å². The van der Waals surface area contributed by atoms with Gasteiger partial charge in [-0.2, -0.15) is 0 Å². The monoisotopic (exact) mass is 352 g/mol. The molecular weight excluding hydrogens is 332 g/mol. The minimum absolute atomic E-state index is 0.0223. The Morgan fingerprint density at radius 3 is 2.76 bits per heavy atom. The van der Waals surface area contributed by atoms with Crippen molar-refractivity contribution in [3.05, 3.63) is 28.2 Å². The molecule has 1 fully saturated rings. The zero-order chi connectivity index (χ0) is 15.6. The summed E-state index contributed by atoms with van der Waals surface area (Å²) in [4.78, 5) is 26.4. The molecule has 2 rings (SSSR count). The summed E-state index contributed by atoms with van der Waals surface area (Å²) in [6.07, 6.45) is 1.19. The Balaban J connectivity index is 2.34. The van der Waals surface area contributed by atoms with Crippen molar-refractivity contribution in [2.45, 2.75) is 39.7 Å². The summed E-state index contributed by atoms with van der Waals surface area (Å²) in [7, 11) is 0. The van der Waals surface area contributed by atoms with E-state index in [9.17, 15) is 9.59 Å². The van der Waals surface area contributed by atoms with Gasteiger partial charge in [0.25, 0.3) is 0 Å². The third-order valence-corrected chi connectivity index (χ3v) is 4.95. The third-order valence-electron chi connectivity index (χ3n) is 4.09. The summed E-state index contributed by atoms with van der Waals surface area (Å²) in [6, 6.07) is 5.41. The van der Waals surface area contributed by atoms with Gasteiger partial charge in [-0.05, 0) is 30.5 Å². The molecule has 1 aliphatic rings. The van der Waals surface area contributed by atoms with E-state index in [4.69, 9.17) is 0 Å². The summed E-state index contributed by atoms with van der Waals surface area (Å²) in [5, 5.41) is 2.86. The second-order valence-corrected chi connectivity index (χ2v) is 6.46. The Labute approximate surface area is 134 Å². The average Bonchev–Trinajstić information content (AvgIpc) is 2.61. The summed E-state index contributed by atoms with van der Waals surface area (Å²) in [5.74, 6) is 0.0456. The minimum Gasteiger partial charge on any atom is -0.344 e. The zero-order valence-electron chi connectivity index (χ0n) is 12.6. The highest BCUT2D eigenvalue weighted by molar-refractivity contribution is 9.10. The van der Waals surface area contributed by atoms with E-state index in [1.54, 1.807) is 4.90 Å². The van der Waals surface area contributed by atoms with Gasteiger partial charge in [0.15, 0.2) is 0 Å². The maximum absolute atomic E-state index is 12.8. The first-order valence-corrected chi connectivity index (χ1v) is 8.10. The van der Waals surface area contributed by atoms with Crippen molar-refractivity contribution in [2.75, 3.05) is 11.4 Å². The highest BCUT2D eigenvalue weighted by Crippen LogP contribution is 2.26. The van der Waals surface area contributed by atoms with Crippen molar-refractivity contribution in [2.24, 2.45) is 5.92 Å². The molecular formula is C16H21BrN2O2. The molecule has 1 N–H and O–H groups in total. The number of rotatable bonds is 3. The number of halogens is 1. The number of anilines is 1. The first kappa shape index (κ1) is 16.0. The lowest BCUT2D eigenvalue weighted by Crippen LogP contribution is -2.48. The van der Waals surface area contributed by atoms with Crippen LogP contribution in [0.3, 0.4) is 0 Å². The van der Waals surface area contributed by atoms with Crippen LogP contribution in [-0.4, -0.2) is 24.4 Å². The van der Waals surface area contributed by atoms with Crippen LogP contribution in [0.1, 0.15) is 32.3 Å². The van der Waals surface area contributed by atoms with Crippen molar-refractivity contribution in [1.29, 1.82) is 0 Å². The van der Waals surface area contributed by atoms with Crippen molar-refractivity contribution in [3.63, 3.8) is 0 Å². The molecule has 0 bridgehead atoms. The predicted molar refractivity (Wildman–Crippen MR) is 87.2 cm³/mol. The highest BCUT2D eigenvalue weighted by Gasteiger charge is 2.33. The molecule has 2 unspecified atom stereocenters. The summed E-state index contributed by atoms with van der Waals surface area (Å²) >= 11 is 3.50. The van der Waals surface area contributed by atoms with Crippen molar-refractivity contribution in [3.8, 4) is 0 Å². The molecule has 114 valence electrons. The Morgan fingerprint density at radius 2 is 2.14 bits per heavy atom. The van der Waals surface area contributed by atoms with E-state index in [-0.39, 0.29) is 17.7 Å². The molecule has 0 aromatic heterocycles. The number of carbonyl (C=O) groups is 2. The fourth-order valence-electron chi connectivity index (χ4n) is 2.43. The summed E-state index contributed by atoms with van der Waals surface area (Å²) < 4.78 is 0.969. The van der Waals surface area contributed by atoms with Gasteiger partial charge in [0, 0.05) is 23.1 Å². The number of aryl methyl sites for hydroxylation is 1. The molecule has 1 saturated heterocycles. The molecule has 1 heterocycles. The van der Waals surface area contributed by atoms with Crippen molar-refractivity contribution >= 4 is 33.4 Å². The van der Waals surface area contributed by atoms with Crippen LogP contribution in [0.5, 0.6) is 0 Å². The molecule has 0 spiro atoms. The van der Waals surface area contributed by atoms with E-state index in [1.165, 1.54) is 0 Å². The van der Waals surface area contributed by atoms with Crippen LogP contribution < -0.4 is 10.2 Å². The molecule has 21 heavy (non-hydrogen) atoms. The maximum atomic E-state index is 12.8. The van der Waals surface area contributed by atoms with E-state index in [0.29, 0.717) is 13.0 Å². The van der Waals surface area contributed by atoms with Crippen LogP contribution in [-0.2, 0) is 9.59 Å². The number of hydrogen-bond donors (Lipinski definition) is 1. The summed E-state index contributed by atoms with van der Waals surface area (Å²) in [5.41, 5.74) is 1.95. The zero-order valence-corrected chi connectivity index (χ0v) is 14.2. The molecule has 0 radical (unpaired) electrons. The fraction of sp³-hybridized carbons (Fsp3) is 0.500.